The van der Waals surface area contributed by atoms with Crippen LogP contribution in [0.3, 0.4) is 0 Å². The fourth-order valence-electron chi connectivity index (χ4n) is 3.83. The normalized spacial score (nSPS) is 21.0. The lowest BCUT2D eigenvalue weighted by Gasteiger charge is -2.35. The highest BCUT2D eigenvalue weighted by Gasteiger charge is 2.23. The topological polar surface area (TPSA) is 77.0 Å². The van der Waals surface area contributed by atoms with Crippen LogP contribution in [-0.2, 0) is 4.79 Å². The van der Waals surface area contributed by atoms with Gasteiger partial charge in [-0.3, -0.25) is 9.79 Å². The number of carbonyl (C=O) groups excluding carboxylic acids is 1. The van der Waals surface area contributed by atoms with Crippen molar-refractivity contribution in [2.75, 3.05) is 57.3 Å². The molecule has 1 unspecified atom stereocenters. The van der Waals surface area contributed by atoms with Crippen LogP contribution in [0.4, 0.5) is 5.95 Å². The number of aromatic nitrogens is 2. The zero-order valence-electron chi connectivity index (χ0n) is 17.2. The molecule has 8 heteroatoms. The Hall–Kier alpha value is -2.38. The van der Waals surface area contributed by atoms with E-state index in [1.807, 2.05) is 11.0 Å². The van der Waals surface area contributed by atoms with E-state index >= 15 is 0 Å². The van der Waals surface area contributed by atoms with Gasteiger partial charge in [0, 0.05) is 64.6 Å². The first-order valence-electron chi connectivity index (χ1n) is 10.5. The molecule has 0 aromatic carbocycles. The molecule has 2 saturated heterocycles. The molecule has 8 nitrogen and oxygen atoms in total. The second kappa shape index (κ2) is 10.2. The van der Waals surface area contributed by atoms with Gasteiger partial charge >= 0.3 is 0 Å². The number of amides is 1. The second-order valence-electron chi connectivity index (χ2n) is 7.60. The predicted octanol–water partition coefficient (Wildman–Crippen LogP) is 1.21. The second-order valence-corrected chi connectivity index (χ2v) is 7.60. The molecule has 28 heavy (non-hydrogen) atoms. The standard InChI is InChI=1S/C20H33N7O/c1-3-21-19(27-11-4-6-17(2)16-27)24-10-7-18(28)25-12-14-26(15-13-25)20-22-8-5-9-23-20/h5,8-9,17H,3-4,6-7,10-16H2,1-2H3,(H,21,24). The number of hydrogen-bond acceptors (Lipinski definition) is 5. The molecule has 2 fully saturated rings. The highest BCUT2D eigenvalue weighted by molar-refractivity contribution is 5.81. The molecule has 2 aliphatic rings. The molecule has 0 spiro atoms. The van der Waals surface area contributed by atoms with E-state index in [2.05, 4.69) is 38.9 Å². The van der Waals surface area contributed by atoms with Crippen molar-refractivity contribution in [3.63, 3.8) is 0 Å². The van der Waals surface area contributed by atoms with Gasteiger partial charge in [-0.15, -0.1) is 0 Å². The predicted molar refractivity (Wildman–Crippen MR) is 111 cm³/mol. The Labute approximate surface area is 168 Å². The van der Waals surface area contributed by atoms with Crippen LogP contribution in [0.25, 0.3) is 0 Å². The van der Waals surface area contributed by atoms with Crippen LogP contribution in [-0.4, -0.2) is 84.0 Å². The number of nitrogens with zero attached hydrogens (tertiary/aromatic N) is 6. The average Bonchev–Trinajstić information content (AvgIpc) is 2.74. The van der Waals surface area contributed by atoms with Gasteiger partial charge in [0.25, 0.3) is 0 Å². The third-order valence-electron chi connectivity index (χ3n) is 5.35. The minimum Gasteiger partial charge on any atom is -0.357 e. The summed E-state index contributed by atoms with van der Waals surface area (Å²) in [5, 5.41) is 3.38. The van der Waals surface area contributed by atoms with E-state index in [1.54, 1.807) is 12.4 Å². The molecule has 0 saturated carbocycles. The molecule has 0 bridgehead atoms. The van der Waals surface area contributed by atoms with Crippen LogP contribution >= 0.6 is 0 Å². The monoisotopic (exact) mass is 387 g/mol. The van der Waals surface area contributed by atoms with Gasteiger partial charge in [0.05, 0.1) is 6.54 Å². The lowest BCUT2D eigenvalue weighted by Crippen LogP contribution is -2.49. The number of nitrogens with one attached hydrogen (secondary N) is 1. The van der Waals surface area contributed by atoms with Crippen molar-refractivity contribution < 1.29 is 4.79 Å². The van der Waals surface area contributed by atoms with Crippen molar-refractivity contribution in [3.05, 3.63) is 18.5 Å². The third kappa shape index (κ3) is 5.56. The molecule has 1 atom stereocenters. The van der Waals surface area contributed by atoms with Gasteiger partial charge in [-0.05, 0) is 31.7 Å². The molecule has 0 aliphatic carbocycles. The number of piperazine rings is 1. The van der Waals surface area contributed by atoms with Gasteiger partial charge in [-0.2, -0.15) is 0 Å². The van der Waals surface area contributed by atoms with Crippen LogP contribution in [0.1, 0.15) is 33.1 Å². The molecule has 2 aliphatic heterocycles. The molecule has 0 radical (unpaired) electrons. The minimum atomic E-state index is 0.181. The van der Waals surface area contributed by atoms with Gasteiger partial charge in [-0.1, -0.05) is 6.92 Å². The summed E-state index contributed by atoms with van der Waals surface area (Å²) < 4.78 is 0. The Kier molecular flexibility index (Phi) is 7.45. The first-order valence-corrected chi connectivity index (χ1v) is 10.5. The zero-order valence-corrected chi connectivity index (χ0v) is 17.2. The molecule has 3 heterocycles. The van der Waals surface area contributed by atoms with E-state index in [4.69, 9.17) is 4.99 Å². The lowest BCUT2D eigenvalue weighted by molar-refractivity contribution is -0.131. The van der Waals surface area contributed by atoms with Crippen molar-refractivity contribution in [1.82, 2.24) is 25.1 Å². The summed E-state index contributed by atoms with van der Waals surface area (Å²) in [6, 6.07) is 1.82. The number of likely N-dealkylation sites (tertiary alicyclic amines) is 1. The molecular weight excluding hydrogens is 354 g/mol. The summed E-state index contributed by atoms with van der Waals surface area (Å²) in [4.78, 5) is 32.3. The Morgan fingerprint density at radius 2 is 1.93 bits per heavy atom. The van der Waals surface area contributed by atoms with Crippen molar-refractivity contribution in [2.24, 2.45) is 10.9 Å². The van der Waals surface area contributed by atoms with Crippen LogP contribution in [0.5, 0.6) is 0 Å². The third-order valence-corrected chi connectivity index (χ3v) is 5.35. The van der Waals surface area contributed by atoms with Crippen molar-refractivity contribution >= 4 is 17.8 Å². The van der Waals surface area contributed by atoms with Crippen LogP contribution in [0.2, 0.25) is 0 Å². The van der Waals surface area contributed by atoms with Crippen LogP contribution in [0.15, 0.2) is 23.5 Å². The molecule has 3 rings (SSSR count). The maximum Gasteiger partial charge on any atom is 0.225 e. The van der Waals surface area contributed by atoms with Gasteiger partial charge < -0.3 is 20.0 Å². The minimum absolute atomic E-state index is 0.181. The SMILES string of the molecule is CCNC(=NCCC(=O)N1CCN(c2ncccn2)CC1)N1CCCC(C)C1. The summed E-state index contributed by atoms with van der Waals surface area (Å²) in [6.07, 6.45) is 6.46. The molecular formula is C20H33N7O. The number of carbonyl (C=O) groups is 1. The van der Waals surface area contributed by atoms with E-state index < -0.39 is 0 Å². The van der Waals surface area contributed by atoms with E-state index in [-0.39, 0.29) is 5.91 Å². The number of piperidine rings is 1. The first-order chi connectivity index (χ1) is 13.7. The number of anilines is 1. The van der Waals surface area contributed by atoms with Gasteiger partial charge in [-0.25, -0.2) is 9.97 Å². The van der Waals surface area contributed by atoms with Gasteiger partial charge in [0.15, 0.2) is 5.96 Å². The molecule has 1 aromatic rings. The van der Waals surface area contributed by atoms with E-state index in [9.17, 15) is 4.79 Å². The summed E-state index contributed by atoms with van der Waals surface area (Å²) in [5.74, 6) is 2.57. The first kappa shape index (κ1) is 20.4. The Bertz CT molecular complexity index is 643. The van der Waals surface area contributed by atoms with Crippen molar-refractivity contribution in [3.8, 4) is 0 Å². The maximum atomic E-state index is 12.6. The fraction of sp³-hybridized carbons (Fsp3) is 0.700. The average molecular weight is 388 g/mol. The van der Waals surface area contributed by atoms with E-state index in [0.29, 0.717) is 32.0 Å². The lowest BCUT2D eigenvalue weighted by atomic mass is 10.0. The van der Waals surface area contributed by atoms with E-state index in [1.165, 1.54) is 12.8 Å². The zero-order chi connectivity index (χ0) is 19.8. The van der Waals surface area contributed by atoms with Crippen molar-refractivity contribution in [2.45, 2.75) is 33.1 Å². The summed E-state index contributed by atoms with van der Waals surface area (Å²) in [5.41, 5.74) is 0. The van der Waals surface area contributed by atoms with Gasteiger partial charge in [0.1, 0.15) is 0 Å². The highest BCUT2D eigenvalue weighted by Crippen LogP contribution is 2.15. The molecule has 1 aromatic heterocycles. The molecule has 1 N–H and O–H groups in total. The number of hydrogen-bond donors (Lipinski definition) is 1. The largest absolute Gasteiger partial charge is 0.357 e. The quantitative estimate of drug-likeness (QED) is 0.605. The number of aliphatic imine (C=N–C) groups is 1. The summed E-state index contributed by atoms with van der Waals surface area (Å²) in [7, 11) is 0. The van der Waals surface area contributed by atoms with E-state index in [0.717, 1.165) is 44.6 Å². The van der Waals surface area contributed by atoms with Crippen molar-refractivity contribution in [1.29, 1.82) is 0 Å². The fourth-order valence-corrected chi connectivity index (χ4v) is 3.83. The van der Waals surface area contributed by atoms with Gasteiger partial charge in [0.2, 0.25) is 11.9 Å². The smallest absolute Gasteiger partial charge is 0.225 e. The Morgan fingerprint density at radius 3 is 2.61 bits per heavy atom. The summed E-state index contributed by atoms with van der Waals surface area (Å²) in [6.45, 7) is 10.8. The van der Waals surface area contributed by atoms with Crippen LogP contribution < -0.4 is 10.2 Å². The maximum absolute atomic E-state index is 12.6. The number of rotatable bonds is 5. The Morgan fingerprint density at radius 1 is 1.18 bits per heavy atom. The molecule has 154 valence electrons. The molecule has 1 amide bonds. The summed E-state index contributed by atoms with van der Waals surface area (Å²) >= 11 is 0. The Balaban J connectivity index is 1.46. The van der Waals surface area contributed by atoms with Crippen LogP contribution in [0, 0.1) is 5.92 Å². The highest BCUT2D eigenvalue weighted by atomic mass is 16.2. The number of guanidine groups is 1.